The predicted molar refractivity (Wildman–Crippen MR) is 68.1 cm³/mol. The highest BCUT2D eigenvalue weighted by Crippen LogP contribution is 2.30. The first-order chi connectivity index (χ1) is 9.91. The van der Waals surface area contributed by atoms with Crippen molar-refractivity contribution in [3.05, 3.63) is 47.7 Å². The molecule has 8 heteroatoms. The second-order valence-corrected chi connectivity index (χ2v) is 4.23. The molecular formula is C13H10F3N5. The first-order valence-electron chi connectivity index (χ1n) is 5.86. The van der Waals surface area contributed by atoms with Crippen molar-refractivity contribution in [3.8, 4) is 6.07 Å². The third kappa shape index (κ3) is 3.45. The maximum absolute atomic E-state index is 12.7. The minimum absolute atomic E-state index is 0.0435. The van der Waals surface area contributed by atoms with Gasteiger partial charge in [-0.25, -0.2) is 4.98 Å². The molecule has 21 heavy (non-hydrogen) atoms. The lowest BCUT2D eigenvalue weighted by Gasteiger charge is -2.19. The number of rotatable bonds is 3. The summed E-state index contributed by atoms with van der Waals surface area (Å²) in [6.07, 6.45) is -0.0903. The highest BCUT2D eigenvalue weighted by Gasteiger charge is 2.33. The number of alkyl halides is 3. The first-order valence-corrected chi connectivity index (χ1v) is 5.86. The lowest BCUT2D eigenvalue weighted by atomic mass is 10.2. The monoisotopic (exact) mass is 293 g/mol. The van der Waals surface area contributed by atoms with Crippen LogP contribution in [0.25, 0.3) is 0 Å². The van der Waals surface area contributed by atoms with E-state index in [1.54, 1.807) is 0 Å². The molecule has 0 unspecified atom stereocenters. The highest BCUT2D eigenvalue weighted by molar-refractivity contribution is 5.54. The van der Waals surface area contributed by atoms with E-state index >= 15 is 0 Å². The van der Waals surface area contributed by atoms with E-state index in [4.69, 9.17) is 5.26 Å². The van der Waals surface area contributed by atoms with E-state index in [-0.39, 0.29) is 17.9 Å². The second kappa shape index (κ2) is 5.75. The standard InChI is InChI=1S/C13H10F3N5/c1-21(8-10-7-18-4-5-19-10)12-9(6-17)2-3-11(20-12)13(14,15)16/h2-5,7H,8H2,1H3. The Hall–Kier alpha value is -2.69. The minimum atomic E-state index is -4.56. The molecule has 2 aromatic rings. The molecule has 0 N–H and O–H groups in total. The fraction of sp³-hybridized carbons (Fsp3) is 0.231. The van der Waals surface area contributed by atoms with Gasteiger partial charge in [0.25, 0.3) is 0 Å². The molecule has 0 aromatic carbocycles. The number of halogens is 3. The summed E-state index contributed by atoms with van der Waals surface area (Å²) < 4.78 is 38.1. The van der Waals surface area contributed by atoms with E-state index in [0.29, 0.717) is 5.69 Å². The van der Waals surface area contributed by atoms with Crippen LogP contribution in [0.5, 0.6) is 0 Å². The van der Waals surface area contributed by atoms with Crippen LogP contribution >= 0.6 is 0 Å². The largest absolute Gasteiger partial charge is 0.433 e. The van der Waals surface area contributed by atoms with Crippen LogP contribution in [0, 0.1) is 11.3 Å². The summed E-state index contributed by atoms with van der Waals surface area (Å²) in [4.78, 5) is 12.9. The quantitative estimate of drug-likeness (QED) is 0.869. The van der Waals surface area contributed by atoms with Crippen molar-refractivity contribution in [2.24, 2.45) is 0 Å². The van der Waals surface area contributed by atoms with E-state index < -0.39 is 11.9 Å². The lowest BCUT2D eigenvalue weighted by Crippen LogP contribution is -2.21. The molecule has 2 heterocycles. The smallest absolute Gasteiger partial charge is 0.353 e. The average Bonchev–Trinajstić information content (AvgIpc) is 2.46. The van der Waals surface area contributed by atoms with Gasteiger partial charge in [-0.05, 0) is 12.1 Å². The van der Waals surface area contributed by atoms with Crippen molar-refractivity contribution in [1.29, 1.82) is 5.26 Å². The van der Waals surface area contributed by atoms with E-state index in [0.717, 1.165) is 12.1 Å². The van der Waals surface area contributed by atoms with Gasteiger partial charge in [0.15, 0.2) is 0 Å². The lowest BCUT2D eigenvalue weighted by molar-refractivity contribution is -0.141. The van der Waals surface area contributed by atoms with E-state index in [2.05, 4.69) is 15.0 Å². The molecule has 0 aliphatic heterocycles. The van der Waals surface area contributed by atoms with Gasteiger partial charge in [0.2, 0.25) is 0 Å². The predicted octanol–water partition coefficient (Wildman–Crippen LogP) is 2.40. The van der Waals surface area contributed by atoms with Crippen LogP contribution in [0.2, 0.25) is 0 Å². The number of aromatic nitrogens is 3. The summed E-state index contributed by atoms with van der Waals surface area (Å²) >= 11 is 0. The summed E-state index contributed by atoms with van der Waals surface area (Å²) in [6, 6.07) is 3.73. The number of pyridine rings is 1. The summed E-state index contributed by atoms with van der Waals surface area (Å²) in [6.45, 7) is 0.191. The van der Waals surface area contributed by atoms with E-state index in [9.17, 15) is 13.2 Å². The third-order valence-corrected chi connectivity index (χ3v) is 2.66. The van der Waals surface area contributed by atoms with Crippen LogP contribution in [0.4, 0.5) is 19.0 Å². The van der Waals surface area contributed by atoms with Crippen LogP contribution < -0.4 is 4.90 Å². The topological polar surface area (TPSA) is 65.7 Å². The van der Waals surface area contributed by atoms with Crippen LogP contribution in [0.1, 0.15) is 17.0 Å². The second-order valence-electron chi connectivity index (χ2n) is 4.23. The van der Waals surface area contributed by atoms with Crippen molar-refractivity contribution in [1.82, 2.24) is 15.0 Å². The molecular weight excluding hydrogens is 283 g/mol. The molecule has 2 rings (SSSR count). The van der Waals surface area contributed by atoms with Gasteiger partial charge in [0, 0.05) is 19.4 Å². The minimum Gasteiger partial charge on any atom is -0.353 e. The van der Waals surface area contributed by atoms with Crippen LogP contribution in [0.15, 0.2) is 30.7 Å². The molecule has 5 nitrogen and oxygen atoms in total. The van der Waals surface area contributed by atoms with E-state index in [1.807, 2.05) is 6.07 Å². The Kier molecular flexibility index (Phi) is 4.03. The van der Waals surface area contributed by atoms with Gasteiger partial charge in [0.05, 0.1) is 24.0 Å². The molecule has 0 saturated carbocycles. The Morgan fingerprint density at radius 3 is 2.62 bits per heavy atom. The van der Waals surface area contributed by atoms with Crippen molar-refractivity contribution in [2.75, 3.05) is 11.9 Å². The number of hydrogen-bond donors (Lipinski definition) is 0. The van der Waals surface area contributed by atoms with E-state index in [1.165, 1.54) is 30.5 Å². The highest BCUT2D eigenvalue weighted by atomic mass is 19.4. The van der Waals surface area contributed by atoms with Gasteiger partial charge in [-0.2, -0.15) is 18.4 Å². The first kappa shape index (κ1) is 14.7. The number of nitriles is 1. The van der Waals surface area contributed by atoms with Gasteiger partial charge in [-0.1, -0.05) is 0 Å². The zero-order valence-electron chi connectivity index (χ0n) is 11.0. The molecule has 2 aromatic heterocycles. The molecule has 108 valence electrons. The number of anilines is 1. The SMILES string of the molecule is CN(Cc1cnccn1)c1nc(C(F)(F)F)ccc1C#N. The van der Waals surface area contributed by atoms with Crippen molar-refractivity contribution >= 4 is 5.82 Å². The zero-order valence-corrected chi connectivity index (χ0v) is 11.0. The molecule has 0 fully saturated rings. The summed E-state index contributed by atoms with van der Waals surface area (Å²) in [5.41, 5.74) is -0.417. The van der Waals surface area contributed by atoms with Gasteiger partial charge < -0.3 is 4.90 Å². The molecule has 0 amide bonds. The average molecular weight is 293 g/mol. The molecule has 0 atom stereocenters. The van der Waals surface area contributed by atoms with Gasteiger partial charge in [0.1, 0.15) is 17.6 Å². The molecule has 0 spiro atoms. The molecule has 0 bridgehead atoms. The third-order valence-electron chi connectivity index (χ3n) is 2.66. The summed E-state index contributed by atoms with van der Waals surface area (Å²) in [7, 11) is 1.54. The summed E-state index contributed by atoms with van der Waals surface area (Å²) in [5.74, 6) is -0.0435. The Morgan fingerprint density at radius 1 is 1.29 bits per heavy atom. The van der Waals surface area contributed by atoms with Crippen LogP contribution in [0.3, 0.4) is 0 Å². The Bertz CT molecular complexity index is 664. The number of hydrogen-bond acceptors (Lipinski definition) is 5. The zero-order chi connectivity index (χ0) is 15.5. The maximum Gasteiger partial charge on any atom is 0.433 e. The maximum atomic E-state index is 12.7. The van der Waals surface area contributed by atoms with Crippen molar-refractivity contribution in [3.63, 3.8) is 0 Å². The Balaban J connectivity index is 2.35. The Labute approximate surface area is 118 Å². The molecule has 0 aliphatic carbocycles. The summed E-state index contributed by atoms with van der Waals surface area (Å²) in [5, 5.41) is 9.00. The van der Waals surface area contributed by atoms with Crippen LogP contribution in [-0.2, 0) is 12.7 Å². The fourth-order valence-corrected chi connectivity index (χ4v) is 1.71. The van der Waals surface area contributed by atoms with Gasteiger partial charge in [-0.15, -0.1) is 0 Å². The Morgan fingerprint density at radius 2 is 2.05 bits per heavy atom. The normalized spacial score (nSPS) is 11.0. The van der Waals surface area contributed by atoms with Crippen molar-refractivity contribution < 1.29 is 13.2 Å². The van der Waals surface area contributed by atoms with Gasteiger partial charge >= 0.3 is 6.18 Å². The molecule has 0 radical (unpaired) electrons. The fourth-order valence-electron chi connectivity index (χ4n) is 1.71. The van der Waals surface area contributed by atoms with Crippen molar-refractivity contribution in [2.45, 2.75) is 12.7 Å². The van der Waals surface area contributed by atoms with Gasteiger partial charge in [-0.3, -0.25) is 9.97 Å². The number of nitrogens with zero attached hydrogens (tertiary/aromatic N) is 5. The molecule has 0 aliphatic rings. The molecule has 0 saturated heterocycles. The van der Waals surface area contributed by atoms with Crippen LogP contribution in [-0.4, -0.2) is 22.0 Å².